The van der Waals surface area contributed by atoms with Crippen LogP contribution in [0.3, 0.4) is 0 Å². The van der Waals surface area contributed by atoms with Crippen LogP contribution < -0.4 is 10.6 Å². The molecule has 0 spiro atoms. The van der Waals surface area contributed by atoms with Crippen LogP contribution in [0.1, 0.15) is 17.4 Å². The number of amides is 1. The van der Waals surface area contributed by atoms with E-state index in [9.17, 15) is 4.79 Å². The number of carbonyl (C=O) groups is 1. The summed E-state index contributed by atoms with van der Waals surface area (Å²) in [6.07, 6.45) is 3.00. The third-order valence-corrected chi connectivity index (χ3v) is 2.16. The van der Waals surface area contributed by atoms with E-state index in [1.807, 2.05) is 25.9 Å². The van der Waals surface area contributed by atoms with Crippen molar-refractivity contribution in [2.45, 2.75) is 13.0 Å². The molecule has 1 aromatic heterocycles. The topological polar surface area (TPSA) is 70.2 Å². The van der Waals surface area contributed by atoms with Crippen molar-refractivity contribution in [1.82, 2.24) is 20.2 Å². The molecule has 0 saturated carbocycles. The Morgan fingerprint density at radius 1 is 1.41 bits per heavy atom. The molecule has 1 unspecified atom stereocenters. The summed E-state index contributed by atoms with van der Waals surface area (Å²) >= 11 is 0. The van der Waals surface area contributed by atoms with E-state index in [0.29, 0.717) is 11.5 Å². The van der Waals surface area contributed by atoms with Crippen LogP contribution in [0.25, 0.3) is 0 Å². The van der Waals surface area contributed by atoms with Crippen molar-refractivity contribution in [3.05, 3.63) is 18.1 Å². The third-order valence-electron chi connectivity index (χ3n) is 2.16. The van der Waals surface area contributed by atoms with Gasteiger partial charge in [0.25, 0.3) is 5.91 Å². The number of anilines is 1. The molecule has 1 atom stereocenters. The lowest BCUT2D eigenvalue weighted by molar-refractivity contribution is 0.0929. The zero-order chi connectivity index (χ0) is 12.8. The van der Waals surface area contributed by atoms with Gasteiger partial charge in [-0.1, -0.05) is 0 Å². The first kappa shape index (κ1) is 13.4. The van der Waals surface area contributed by atoms with E-state index in [4.69, 9.17) is 0 Å². The van der Waals surface area contributed by atoms with E-state index in [1.165, 1.54) is 12.4 Å². The summed E-state index contributed by atoms with van der Waals surface area (Å²) in [5.41, 5.74) is 0.328. The maximum Gasteiger partial charge on any atom is 0.271 e. The largest absolute Gasteiger partial charge is 0.372 e. The van der Waals surface area contributed by atoms with Crippen molar-refractivity contribution in [3.63, 3.8) is 0 Å². The molecule has 6 heteroatoms. The van der Waals surface area contributed by atoms with Gasteiger partial charge in [-0.2, -0.15) is 0 Å². The van der Waals surface area contributed by atoms with Gasteiger partial charge < -0.3 is 15.5 Å². The van der Waals surface area contributed by atoms with Gasteiger partial charge in [0.1, 0.15) is 11.5 Å². The van der Waals surface area contributed by atoms with Crippen LogP contribution >= 0.6 is 0 Å². The molecule has 0 radical (unpaired) electrons. The second kappa shape index (κ2) is 6.15. The fourth-order valence-corrected chi connectivity index (χ4v) is 1.47. The highest BCUT2D eigenvalue weighted by atomic mass is 16.1. The molecule has 0 saturated heterocycles. The van der Waals surface area contributed by atoms with Gasteiger partial charge >= 0.3 is 0 Å². The monoisotopic (exact) mass is 237 g/mol. The minimum absolute atomic E-state index is 0.0725. The Bertz CT molecular complexity index is 363. The third kappa shape index (κ3) is 4.36. The standard InChI is InChI=1S/C11H19N5O/c1-8(7-16(3)4)15-11(17)9-5-14-10(12-2)6-13-9/h5-6,8H,7H2,1-4H3,(H,12,14)(H,15,17). The number of hydrogen-bond acceptors (Lipinski definition) is 5. The smallest absolute Gasteiger partial charge is 0.271 e. The Hall–Kier alpha value is -1.69. The quantitative estimate of drug-likeness (QED) is 0.765. The van der Waals surface area contributed by atoms with Crippen molar-refractivity contribution in [1.29, 1.82) is 0 Å². The van der Waals surface area contributed by atoms with Crippen LogP contribution in [0, 0.1) is 0 Å². The molecule has 0 fully saturated rings. The van der Waals surface area contributed by atoms with E-state index < -0.39 is 0 Å². The number of hydrogen-bond donors (Lipinski definition) is 2. The average molecular weight is 237 g/mol. The van der Waals surface area contributed by atoms with Gasteiger partial charge in [0.05, 0.1) is 12.4 Å². The highest BCUT2D eigenvalue weighted by Gasteiger charge is 2.11. The number of aromatic nitrogens is 2. The molecule has 1 amide bonds. The van der Waals surface area contributed by atoms with Gasteiger partial charge in [-0.25, -0.2) is 9.97 Å². The lowest BCUT2D eigenvalue weighted by Crippen LogP contribution is -2.39. The molecule has 6 nitrogen and oxygen atoms in total. The lowest BCUT2D eigenvalue weighted by atomic mass is 10.3. The highest BCUT2D eigenvalue weighted by molar-refractivity contribution is 5.92. The van der Waals surface area contributed by atoms with Crippen LogP contribution in [0.5, 0.6) is 0 Å². The van der Waals surface area contributed by atoms with Gasteiger partial charge in [0.15, 0.2) is 0 Å². The van der Waals surface area contributed by atoms with E-state index >= 15 is 0 Å². The Balaban J connectivity index is 2.57. The predicted octanol–water partition coefficient (Wildman–Crippen LogP) is 0.198. The number of rotatable bonds is 5. The molecule has 0 aliphatic heterocycles. The minimum atomic E-state index is -0.200. The van der Waals surface area contributed by atoms with Crippen LogP contribution in [0.4, 0.5) is 5.82 Å². The number of carbonyl (C=O) groups excluding carboxylic acids is 1. The van der Waals surface area contributed by atoms with Crippen molar-refractivity contribution < 1.29 is 4.79 Å². The molecule has 1 aromatic rings. The molecule has 94 valence electrons. The number of nitrogens with one attached hydrogen (secondary N) is 2. The molecular weight excluding hydrogens is 218 g/mol. The van der Waals surface area contributed by atoms with Crippen LogP contribution in [0.15, 0.2) is 12.4 Å². The van der Waals surface area contributed by atoms with Crippen LogP contribution in [-0.4, -0.2) is 54.5 Å². The zero-order valence-electron chi connectivity index (χ0n) is 10.7. The van der Waals surface area contributed by atoms with E-state index in [2.05, 4.69) is 20.6 Å². The number of likely N-dealkylation sites (N-methyl/N-ethyl adjacent to an activating group) is 1. The summed E-state index contributed by atoms with van der Waals surface area (Å²) in [5.74, 6) is 0.442. The molecule has 1 heterocycles. The second-order valence-electron chi connectivity index (χ2n) is 4.17. The van der Waals surface area contributed by atoms with E-state index in [0.717, 1.165) is 6.54 Å². The zero-order valence-corrected chi connectivity index (χ0v) is 10.7. The van der Waals surface area contributed by atoms with Crippen molar-refractivity contribution >= 4 is 11.7 Å². The van der Waals surface area contributed by atoms with Crippen molar-refractivity contribution in [2.75, 3.05) is 33.0 Å². The minimum Gasteiger partial charge on any atom is -0.372 e. The maximum atomic E-state index is 11.8. The summed E-state index contributed by atoms with van der Waals surface area (Å²) < 4.78 is 0. The second-order valence-corrected chi connectivity index (χ2v) is 4.17. The fraction of sp³-hybridized carbons (Fsp3) is 0.545. The SMILES string of the molecule is CNc1cnc(C(=O)NC(C)CN(C)C)cn1. The van der Waals surface area contributed by atoms with Gasteiger partial charge in [-0.15, -0.1) is 0 Å². The highest BCUT2D eigenvalue weighted by Crippen LogP contribution is 2.00. The Morgan fingerprint density at radius 2 is 2.12 bits per heavy atom. The van der Waals surface area contributed by atoms with E-state index in [1.54, 1.807) is 7.05 Å². The molecule has 2 N–H and O–H groups in total. The van der Waals surface area contributed by atoms with Crippen LogP contribution in [0.2, 0.25) is 0 Å². The van der Waals surface area contributed by atoms with Gasteiger partial charge in [0.2, 0.25) is 0 Å². The van der Waals surface area contributed by atoms with E-state index in [-0.39, 0.29) is 11.9 Å². The molecule has 0 bridgehead atoms. The first-order chi connectivity index (χ1) is 8.02. The molecule has 0 aliphatic rings. The average Bonchev–Trinajstić information content (AvgIpc) is 2.28. The molecule has 17 heavy (non-hydrogen) atoms. The summed E-state index contributed by atoms with van der Waals surface area (Å²) in [5, 5.41) is 5.71. The maximum absolute atomic E-state index is 11.8. The van der Waals surface area contributed by atoms with Crippen molar-refractivity contribution in [2.24, 2.45) is 0 Å². The Labute approximate surface area is 101 Å². The summed E-state index contributed by atoms with van der Waals surface area (Å²) in [6, 6.07) is 0.0725. The van der Waals surface area contributed by atoms with Gasteiger partial charge in [0, 0.05) is 19.6 Å². The first-order valence-corrected chi connectivity index (χ1v) is 5.48. The molecule has 0 aliphatic carbocycles. The predicted molar refractivity (Wildman–Crippen MR) is 67.1 cm³/mol. The van der Waals surface area contributed by atoms with Crippen molar-refractivity contribution in [3.8, 4) is 0 Å². The Kier molecular flexibility index (Phi) is 4.84. The molecular formula is C11H19N5O. The van der Waals surface area contributed by atoms with Crippen LogP contribution in [-0.2, 0) is 0 Å². The summed E-state index contributed by atoms with van der Waals surface area (Å²) in [6.45, 7) is 2.74. The first-order valence-electron chi connectivity index (χ1n) is 5.48. The molecule has 0 aromatic carbocycles. The Morgan fingerprint density at radius 3 is 2.59 bits per heavy atom. The fourth-order valence-electron chi connectivity index (χ4n) is 1.47. The normalized spacial score (nSPS) is 12.3. The lowest BCUT2D eigenvalue weighted by Gasteiger charge is -2.17. The number of nitrogens with zero attached hydrogens (tertiary/aromatic N) is 3. The van der Waals surface area contributed by atoms with Gasteiger partial charge in [-0.3, -0.25) is 4.79 Å². The molecule has 1 rings (SSSR count). The summed E-state index contributed by atoms with van der Waals surface area (Å²) in [7, 11) is 5.68. The van der Waals surface area contributed by atoms with Gasteiger partial charge in [-0.05, 0) is 21.0 Å². The summed E-state index contributed by atoms with van der Waals surface area (Å²) in [4.78, 5) is 21.9.